The van der Waals surface area contributed by atoms with Gasteiger partial charge in [0.25, 0.3) is 0 Å². The fourth-order valence-electron chi connectivity index (χ4n) is 5.65. The Morgan fingerprint density at radius 2 is 1.43 bits per heavy atom. The van der Waals surface area contributed by atoms with Crippen LogP contribution in [-0.4, -0.2) is 6.04 Å². The third kappa shape index (κ3) is 2.25. The predicted octanol–water partition coefficient (Wildman–Crippen LogP) is 6.43. The van der Waals surface area contributed by atoms with Crippen LogP contribution in [0.2, 0.25) is 0 Å². The molecule has 2 nitrogen and oxygen atoms in total. The monoisotopic (exact) mass is 386 g/mol. The van der Waals surface area contributed by atoms with E-state index in [9.17, 15) is 0 Å². The fraction of sp³-hybridized carbons (Fsp3) is 0.143. The van der Waals surface area contributed by atoms with Crippen molar-refractivity contribution in [1.82, 2.24) is 0 Å². The van der Waals surface area contributed by atoms with Crippen LogP contribution >= 0.6 is 0 Å². The lowest BCUT2D eigenvalue weighted by Crippen LogP contribution is -2.17. The van der Waals surface area contributed by atoms with Gasteiger partial charge in [0.1, 0.15) is 0 Å². The lowest BCUT2D eigenvalue weighted by Gasteiger charge is -2.28. The summed E-state index contributed by atoms with van der Waals surface area (Å²) in [6.45, 7) is 0. The molecular weight excluding hydrogens is 364 g/mol. The Kier molecular flexibility index (Phi) is 3.25. The minimum atomic E-state index is 0.382. The number of hydrogen-bond acceptors (Lipinski definition) is 2. The number of nitrogens with one attached hydrogen (secondary N) is 2. The van der Waals surface area contributed by atoms with Crippen molar-refractivity contribution in [3.8, 4) is 11.1 Å². The number of anilines is 2. The summed E-state index contributed by atoms with van der Waals surface area (Å²) >= 11 is 0. The molecule has 0 radical (unpaired) electrons. The van der Waals surface area contributed by atoms with E-state index in [1.54, 1.807) is 0 Å². The molecule has 5 aliphatic rings. The highest BCUT2D eigenvalue weighted by molar-refractivity contribution is 5.78. The van der Waals surface area contributed by atoms with Crippen molar-refractivity contribution in [2.24, 2.45) is 5.92 Å². The van der Waals surface area contributed by atoms with E-state index in [-0.39, 0.29) is 0 Å². The molecule has 2 aliphatic heterocycles. The van der Waals surface area contributed by atoms with Gasteiger partial charge in [-0.3, -0.25) is 0 Å². The van der Waals surface area contributed by atoms with Crippen LogP contribution in [-0.2, 0) is 0 Å². The largest absolute Gasteiger partial charge is 0.378 e. The van der Waals surface area contributed by atoms with Crippen molar-refractivity contribution in [3.63, 3.8) is 0 Å². The topological polar surface area (TPSA) is 24.1 Å². The Morgan fingerprint density at radius 3 is 2.37 bits per heavy atom. The SMILES string of the molecule is C1=CC2=CC=C3Nc4ccc(-c5ccc6c(c5)C5C=CC=CC5N6)cc4C3C2C=C1. The zero-order valence-electron chi connectivity index (χ0n) is 16.5. The van der Waals surface area contributed by atoms with Crippen LogP contribution in [0.4, 0.5) is 11.4 Å². The molecule has 30 heavy (non-hydrogen) atoms. The first kappa shape index (κ1) is 16.3. The first-order chi connectivity index (χ1) is 14.8. The average Bonchev–Trinajstić information content (AvgIpc) is 3.36. The molecular formula is C28H22N2. The molecule has 2 heterocycles. The quantitative estimate of drug-likeness (QED) is 0.590. The van der Waals surface area contributed by atoms with Crippen LogP contribution in [0.3, 0.4) is 0 Å². The molecule has 2 N–H and O–H groups in total. The van der Waals surface area contributed by atoms with Gasteiger partial charge >= 0.3 is 0 Å². The first-order valence-corrected chi connectivity index (χ1v) is 10.8. The lowest BCUT2D eigenvalue weighted by molar-refractivity contribution is 0.659. The summed E-state index contributed by atoms with van der Waals surface area (Å²) in [7, 11) is 0. The highest BCUT2D eigenvalue weighted by Gasteiger charge is 2.36. The number of fused-ring (bicyclic) bond motifs is 8. The maximum Gasteiger partial charge on any atom is 0.0551 e. The van der Waals surface area contributed by atoms with E-state index in [0.717, 1.165) is 0 Å². The zero-order valence-corrected chi connectivity index (χ0v) is 16.5. The van der Waals surface area contributed by atoms with Crippen LogP contribution in [0, 0.1) is 5.92 Å². The third-order valence-electron chi connectivity index (χ3n) is 7.12. The molecule has 4 atom stereocenters. The second-order valence-corrected chi connectivity index (χ2v) is 8.73. The van der Waals surface area contributed by atoms with Gasteiger partial charge in [-0.15, -0.1) is 0 Å². The molecule has 0 amide bonds. The van der Waals surface area contributed by atoms with E-state index >= 15 is 0 Å². The maximum absolute atomic E-state index is 3.66. The minimum absolute atomic E-state index is 0.382. The van der Waals surface area contributed by atoms with Gasteiger partial charge in [0.05, 0.1) is 6.04 Å². The second kappa shape index (κ2) is 5.99. The van der Waals surface area contributed by atoms with Crippen molar-refractivity contribution in [2.75, 3.05) is 10.6 Å². The fourth-order valence-corrected chi connectivity index (χ4v) is 5.65. The van der Waals surface area contributed by atoms with Gasteiger partial charge in [-0.25, -0.2) is 0 Å². The molecule has 3 aliphatic carbocycles. The Hall–Kier alpha value is -3.52. The van der Waals surface area contributed by atoms with Gasteiger partial charge in [-0.2, -0.15) is 0 Å². The zero-order chi connectivity index (χ0) is 19.7. The Labute approximate surface area is 176 Å². The summed E-state index contributed by atoms with van der Waals surface area (Å²) in [6.07, 6.45) is 22.3. The Bertz CT molecular complexity index is 1270. The van der Waals surface area contributed by atoms with E-state index in [1.807, 2.05) is 0 Å². The predicted molar refractivity (Wildman–Crippen MR) is 125 cm³/mol. The molecule has 0 bridgehead atoms. The molecule has 2 heteroatoms. The molecule has 144 valence electrons. The van der Waals surface area contributed by atoms with Gasteiger partial charge in [-0.05, 0) is 58.2 Å². The van der Waals surface area contributed by atoms with E-state index in [4.69, 9.17) is 0 Å². The van der Waals surface area contributed by atoms with Gasteiger partial charge in [0.15, 0.2) is 0 Å². The van der Waals surface area contributed by atoms with Gasteiger partial charge in [-0.1, -0.05) is 66.8 Å². The highest BCUT2D eigenvalue weighted by Crippen LogP contribution is 2.50. The highest BCUT2D eigenvalue weighted by atomic mass is 15.0. The maximum atomic E-state index is 3.66. The molecule has 2 aromatic carbocycles. The number of rotatable bonds is 1. The van der Waals surface area contributed by atoms with E-state index in [2.05, 4.69) is 108 Å². The lowest BCUT2D eigenvalue weighted by atomic mass is 9.75. The summed E-state index contributed by atoms with van der Waals surface area (Å²) in [4.78, 5) is 0. The minimum Gasteiger partial charge on any atom is -0.378 e. The van der Waals surface area contributed by atoms with Gasteiger partial charge in [0.2, 0.25) is 0 Å². The van der Waals surface area contributed by atoms with Crippen LogP contribution in [0.5, 0.6) is 0 Å². The number of hydrogen-bond donors (Lipinski definition) is 2. The van der Waals surface area contributed by atoms with E-state index in [0.29, 0.717) is 23.8 Å². The molecule has 0 spiro atoms. The van der Waals surface area contributed by atoms with Crippen molar-refractivity contribution in [2.45, 2.75) is 17.9 Å². The summed E-state index contributed by atoms with van der Waals surface area (Å²) < 4.78 is 0. The van der Waals surface area contributed by atoms with E-state index < -0.39 is 0 Å². The van der Waals surface area contributed by atoms with Crippen molar-refractivity contribution in [1.29, 1.82) is 0 Å². The van der Waals surface area contributed by atoms with Crippen molar-refractivity contribution in [3.05, 3.63) is 120 Å². The van der Waals surface area contributed by atoms with Gasteiger partial charge < -0.3 is 10.6 Å². The standard InChI is InChI=1S/C28H22N2/c1-2-6-20-17(5-1)9-14-27-28(20)23-16-19(11-13-26(23)30-27)18-10-12-25-22(15-18)21-7-3-4-8-24(21)29-25/h1-16,20-21,24,28-30H. The van der Waals surface area contributed by atoms with Crippen molar-refractivity contribution < 1.29 is 0 Å². The molecule has 4 unspecified atom stereocenters. The third-order valence-corrected chi connectivity index (χ3v) is 7.12. The summed E-state index contributed by atoms with van der Waals surface area (Å²) in [5.41, 5.74) is 10.6. The summed E-state index contributed by atoms with van der Waals surface area (Å²) in [5, 5.41) is 7.31. The van der Waals surface area contributed by atoms with Crippen LogP contribution in [0.25, 0.3) is 11.1 Å². The first-order valence-electron chi connectivity index (χ1n) is 10.8. The second-order valence-electron chi connectivity index (χ2n) is 8.73. The molecule has 0 fully saturated rings. The van der Waals surface area contributed by atoms with Crippen LogP contribution in [0.15, 0.2) is 108 Å². The molecule has 7 rings (SSSR count). The number of benzene rings is 2. The van der Waals surface area contributed by atoms with Crippen LogP contribution in [0.1, 0.15) is 23.0 Å². The normalized spacial score (nSPS) is 28.4. The molecule has 0 aromatic heterocycles. The van der Waals surface area contributed by atoms with Crippen LogP contribution < -0.4 is 10.6 Å². The van der Waals surface area contributed by atoms with E-state index in [1.165, 1.54) is 44.9 Å². The Morgan fingerprint density at radius 1 is 0.667 bits per heavy atom. The Balaban J connectivity index is 1.30. The summed E-state index contributed by atoms with van der Waals surface area (Å²) in [5.74, 6) is 1.23. The molecule has 0 saturated heterocycles. The average molecular weight is 386 g/mol. The van der Waals surface area contributed by atoms with Crippen molar-refractivity contribution >= 4 is 11.4 Å². The number of allylic oxidation sites excluding steroid dienone is 10. The molecule has 2 aromatic rings. The molecule has 0 saturated carbocycles. The smallest absolute Gasteiger partial charge is 0.0551 e. The summed E-state index contributed by atoms with van der Waals surface area (Å²) in [6, 6.07) is 14.2. The van der Waals surface area contributed by atoms with Gasteiger partial charge in [0, 0.05) is 34.8 Å².